The van der Waals surface area contributed by atoms with E-state index in [-0.39, 0.29) is 11.3 Å². The van der Waals surface area contributed by atoms with E-state index in [4.69, 9.17) is 5.73 Å². The molecule has 0 aromatic heterocycles. The number of nitrogen functional groups attached to an aromatic ring is 1. The molecule has 0 radical (unpaired) electrons. The highest BCUT2D eigenvalue weighted by molar-refractivity contribution is 6.01. The molecule has 0 fully saturated rings. The second kappa shape index (κ2) is 6.36. The molecule has 0 bridgehead atoms. The first-order valence-corrected chi connectivity index (χ1v) is 5.28. The van der Waals surface area contributed by atoms with Crippen LogP contribution in [0.4, 0.5) is 5.69 Å². The van der Waals surface area contributed by atoms with Crippen LogP contribution < -0.4 is 10.6 Å². The molecule has 0 spiro atoms. The van der Waals surface area contributed by atoms with Crippen molar-refractivity contribution in [2.75, 3.05) is 20.0 Å². The maximum absolute atomic E-state index is 11.7. The monoisotopic (exact) mass is 284 g/mol. The third-order valence-electron chi connectivity index (χ3n) is 2.43. The molecule has 108 valence electrons. The third-order valence-corrected chi connectivity index (χ3v) is 2.43. The zero-order chi connectivity index (χ0) is 15.3. The molecule has 1 aromatic carbocycles. The van der Waals surface area contributed by atoms with Gasteiger partial charge in [0, 0.05) is 5.56 Å². The molecule has 0 aliphatic carbocycles. The summed E-state index contributed by atoms with van der Waals surface area (Å²) >= 11 is 0. The quantitative estimate of drug-likeness (QED) is 0.268. The van der Waals surface area contributed by atoms with Gasteiger partial charge in [0.05, 0.1) is 19.9 Å². The number of methoxy groups -OCH3 is 2. The van der Waals surface area contributed by atoms with E-state index < -0.39 is 28.7 Å². The Hall–Kier alpha value is -2.84. The molecule has 1 rings (SSSR count). The van der Waals surface area contributed by atoms with Gasteiger partial charge in [-0.3, -0.25) is 14.4 Å². The lowest BCUT2D eigenvalue weighted by Gasteiger charge is -2.16. The maximum atomic E-state index is 11.7. The van der Waals surface area contributed by atoms with Gasteiger partial charge in [0.2, 0.25) is 0 Å². The van der Waals surface area contributed by atoms with Crippen molar-refractivity contribution in [3.63, 3.8) is 0 Å². The summed E-state index contributed by atoms with van der Waals surface area (Å²) in [5.41, 5.74) is 5.35. The highest BCUT2D eigenvalue weighted by atomic mass is 17.0. The van der Waals surface area contributed by atoms with Gasteiger partial charge in [-0.05, 0) is 6.07 Å². The molecule has 0 saturated carbocycles. The van der Waals surface area contributed by atoms with Crippen LogP contribution in [0.3, 0.4) is 0 Å². The van der Waals surface area contributed by atoms with Crippen molar-refractivity contribution in [2.24, 2.45) is 0 Å². The Morgan fingerprint density at radius 3 is 2.25 bits per heavy atom. The van der Waals surface area contributed by atoms with Crippen molar-refractivity contribution in [1.29, 1.82) is 0 Å². The molecule has 20 heavy (non-hydrogen) atoms. The van der Waals surface area contributed by atoms with Crippen LogP contribution >= 0.6 is 0 Å². The van der Waals surface area contributed by atoms with Gasteiger partial charge in [0.25, 0.3) is 5.09 Å². The first-order valence-electron chi connectivity index (χ1n) is 5.28. The normalized spacial score (nSPS) is 9.95. The number of para-hydroxylation sites is 1. The van der Waals surface area contributed by atoms with E-state index in [1.54, 1.807) is 0 Å². The van der Waals surface area contributed by atoms with Gasteiger partial charge >= 0.3 is 11.9 Å². The number of anilines is 1. The number of carbonyl (C=O) groups excluding carboxylic acids is 2. The standard InChI is InChI=1S/C11H12N2O7/c1-18-10(14)8(11(15)19-2)6-4-3-5-7(12)9(6)20-13(16)17/h3-5,8H,12H2,1-2H3. The molecule has 9 heteroatoms. The van der Waals surface area contributed by atoms with Crippen LogP contribution in [-0.4, -0.2) is 31.2 Å². The number of ether oxygens (including phenoxy) is 2. The van der Waals surface area contributed by atoms with Crippen LogP contribution in [0.5, 0.6) is 5.75 Å². The minimum atomic E-state index is -1.52. The molecule has 0 atom stereocenters. The number of hydrogen-bond acceptors (Lipinski definition) is 8. The van der Waals surface area contributed by atoms with Crippen LogP contribution in [-0.2, 0) is 19.1 Å². The van der Waals surface area contributed by atoms with E-state index in [0.717, 1.165) is 14.2 Å². The summed E-state index contributed by atoms with van der Waals surface area (Å²) in [7, 11) is 2.14. The van der Waals surface area contributed by atoms with Gasteiger partial charge < -0.3 is 15.2 Å². The zero-order valence-corrected chi connectivity index (χ0v) is 10.7. The second-order valence-corrected chi connectivity index (χ2v) is 3.56. The van der Waals surface area contributed by atoms with E-state index in [9.17, 15) is 19.7 Å². The van der Waals surface area contributed by atoms with Gasteiger partial charge in [0.15, 0.2) is 11.7 Å². The Bertz CT molecular complexity index is 528. The number of rotatable bonds is 5. The molecule has 0 amide bonds. The van der Waals surface area contributed by atoms with Crippen LogP contribution in [0.1, 0.15) is 11.5 Å². The minimum absolute atomic E-state index is 0.1000. The Kier molecular flexibility index (Phi) is 4.84. The van der Waals surface area contributed by atoms with Crippen molar-refractivity contribution >= 4 is 17.6 Å². The van der Waals surface area contributed by atoms with Crippen molar-refractivity contribution in [3.05, 3.63) is 33.9 Å². The summed E-state index contributed by atoms with van der Waals surface area (Å²) in [6.07, 6.45) is 0. The number of benzene rings is 1. The Labute approximate surface area is 113 Å². The van der Waals surface area contributed by atoms with E-state index in [0.29, 0.717) is 0 Å². The summed E-state index contributed by atoms with van der Waals surface area (Å²) < 4.78 is 8.97. The van der Waals surface area contributed by atoms with Gasteiger partial charge in [-0.15, -0.1) is 10.1 Å². The van der Waals surface area contributed by atoms with Gasteiger partial charge in [-0.25, -0.2) is 0 Å². The summed E-state index contributed by atoms with van der Waals surface area (Å²) in [6, 6.07) is 4.03. The topological polar surface area (TPSA) is 131 Å². The lowest BCUT2D eigenvalue weighted by atomic mass is 9.97. The fourth-order valence-electron chi connectivity index (χ4n) is 1.57. The summed E-state index contributed by atoms with van der Waals surface area (Å²) in [5.74, 6) is -3.83. The number of hydrogen-bond donors (Lipinski definition) is 1. The van der Waals surface area contributed by atoms with Gasteiger partial charge in [-0.1, -0.05) is 12.1 Å². The van der Waals surface area contributed by atoms with Crippen molar-refractivity contribution in [1.82, 2.24) is 0 Å². The lowest BCUT2D eigenvalue weighted by Crippen LogP contribution is -2.25. The number of nitrogens with two attached hydrogens (primary N) is 1. The van der Waals surface area contributed by atoms with Crippen LogP contribution in [0.25, 0.3) is 0 Å². The van der Waals surface area contributed by atoms with E-state index in [2.05, 4.69) is 14.3 Å². The molecular weight excluding hydrogens is 272 g/mol. The van der Waals surface area contributed by atoms with Crippen LogP contribution in [0.2, 0.25) is 0 Å². The molecular formula is C11H12N2O7. The van der Waals surface area contributed by atoms with Gasteiger partial charge in [0.1, 0.15) is 0 Å². The zero-order valence-electron chi connectivity index (χ0n) is 10.7. The van der Waals surface area contributed by atoms with Gasteiger partial charge in [-0.2, -0.15) is 0 Å². The fraction of sp³-hybridized carbons (Fsp3) is 0.273. The average Bonchev–Trinajstić information content (AvgIpc) is 2.41. The predicted octanol–water partition coefficient (Wildman–Crippen LogP) is 0.269. The maximum Gasteiger partial charge on any atom is 0.324 e. The average molecular weight is 284 g/mol. The van der Waals surface area contributed by atoms with Crippen molar-refractivity contribution < 1.29 is 29.0 Å². The molecule has 9 nitrogen and oxygen atoms in total. The molecule has 2 N–H and O–H groups in total. The van der Waals surface area contributed by atoms with Crippen molar-refractivity contribution in [2.45, 2.75) is 5.92 Å². The molecule has 0 saturated heterocycles. The number of carbonyl (C=O) groups is 2. The number of nitrogens with zero attached hydrogens (tertiary/aromatic N) is 1. The molecule has 0 unspecified atom stereocenters. The first kappa shape index (κ1) is 15.2. The van der Waals surface area contributed by atoms with E-state index in [1.165, 1.54) is 18.2 Å². The molecule has 1 aromatic rings. The fourth-order valence-corrected chi connectivity index (χ4v) is 1.57. The summed E-state index contributed by atoms with van der Waals surface area (Å²) in [6.45, 7) is 0. The van der Waals surface area contributed by atoms with Crippen LogP contribution in [0.15, 0.2) is 18.2 Å². The Morgan fingerprint density at radius 1 is 1.25 bits per heavy atom. The molecule has 0 aliphatic rings. The largest absolute Gasteiger partial charge is 0.468 e. The highest BCUT2D eigenvalue weighted by Crippen LogP contribution is 2.33. The smallest absolute Gasteiger partial charge is 0.324 e. The number of esters is 2. The molecule has 0 heterocycles. The van der Waals surface area contributed by atoms with Crippen LogP contribution in [0, 0.1) is 10.1 Å². The summed E-state index contributed by atoms with van der Waals surface area (Å²) in [5, 5.41) is 9.37. The first-order chi connectivity index (χ1) is 9.42. The highest BCUT2D eigenvalue weighted by Gasteiger charge is 2.34. The van der Waals surface area contributed by atoms with E-state index in [1.807, 2.05) is 0 Å². The minimum Gasteiger partial charge on any atom is -0.468 e. The Morgan fingerprint density at radius 2 is 1.80 bits per heavy atom. The van der Waals surface area contributed by atoms with E-state index >= 15 is 0 Å². The Balaban J connectivity index is 3.39. The summed E-state index contributed by atoms with van der Waals surface area (Å²) in [4.78, 5) is 38.1. The SMILES string of the molecule is COC(=O)C(C(=O)OC)c1cccc(N)c1O[N+](=O)[O-]. The predicted molar refractivity (Wildman–Crippen MR) is 65.2 cm³/mol. The van der Waals surface area contributed by atoms with Crippen molar-refractivity contribution in [3.8, 4) is 5.75 Å². The third kappa shape index (κ3) is 3.13. The lowest BCUT2D eigenvalue weighted by molar-refractivity contribution is -0.711. The second-order valence-electron chi connectivity index (χ2n) is 3.56. The molecule has 0 aliphatic heterocycles.